The van der Waals surface area contributed by atoms with Gasteiger partial charge in [0.05, 0.1) is 11.8 Å². The Morgan fingerprint density at radius 3 is 2.56 bits per heavy atom. The van der Waals surface area contributed by atoms with Crippen LogP contribution in [-0.4, -0.2) is 17.8 Å². The van der Waals surface area contributed by atoms with Gasteiger partial charge in [-0.25, -0.2) is 8.78 Å². The highest BCUT2D eigenvalue weighted by molar-refractivity contribution is 6.20. The first-order chi connectivity index (χ1) is 8.54. The van der Waals surface area contributed by atoms with Crippen LogP contribution < -0.4 is 5.32 Å². The van der Waals surface area contributed by atoms with E-state index in [2.05, 4.69) is 5.32 Å². The van der Waals surface area contributed by atoms with Crippen LogP contribution in [0.5, 0.6) is 0 Å². The Bertz CT molecular complexity index is 392. The molecule has 0 fully saturated rings. The number of nitrogens with one attached hydrogen (secondary N) is 1. The average Bonchev–Trinajstić information content (AvgIpc) is 2.32. The summed E-state index contributed by atoms with van der Waals surface area (Å²) in [4.78, 5) is 11.5. The number of rotatable bonds is 6. The normalized spacial score (nSPS) is 12.2. The lowest BCUT2D eigenvalue weighted by Gasteiger charge is -2.10. The van der Waals surface area contributed by atoms with Crippen LogP contribution in [0.4, 0.5) is 8.78 Å². The molecule has 0 spiro atoms. The third-order valence-electron chi connectivity index (χ3n) is 2.52. The van der Waals surface area contributed by atoms with E-state index in [0.717, 1.165) is 25.0 Å². The van der Waals surface area contributed by atoms with Crippen molar-refractivity contribution < 1.29 is 13.6 Å². The molecule has 18 heavy (non-hydrogen) atoms. The van der Waals surface area contributed by atoms with E-state index in [1.165, 1.54) is 6.07 Å². The standard InChI is InChI=1S/C13H16ClF2NO/c1-2-4-9(14)8-17-13(18)7-10-11(15)5-3-6-12(10)16/h3,5-6,9H,2,4,7-8H2,1H3,(H,17,18). The molecule has 0 saturated heterocycles. The van der Waals surface area contributed by atoms with Gasteiger partial charge in [-0.2, -0.15) is 0 Å². The summed E-state index contributed by atoms with van der Waals surface area (Å²) < 4.78 is 26.6. The number of halogens is 3. The van der Waals surface area contributed by atoms with Gasteiger partial charge in [0.2, 0.25) is 5.91 Å². The minimum atomic E-state index is -0.707. The maximum atomic E-state index is 13.3. The van der Waals surface area contributed by atoms with Gasteiger partial charge in [-0.1, -0.05) is 19.4 Å². The second kappa shape index (κ2) is 7.31. The summed E-state index contributed by atoms with van der Waals surface area (Å²) in [6.07, 6.45) is 1.40. The molecule has 0 aliphatic carbocycles. The molecule has 1 atom stereocenters. The predicted octanol–water partition coefficient (Wildman–Crippen LogP) is 3.03. The average molecular weight is 276 g/mol. The molecule has 1 aromatic rings. The van der Waals surface area contributed by atoms with E-state index in [9.17, 15) is 13.6 Å². The van der Waals surface area contributed by atoms with E-state index < -0.39 is 17.5 Å². The first kappa shape index (κ1) is 14.9. The van der Waals surface area contributed by atoms with Crippen molar-refractivity contribution in [2.24, 2.45) is 0 Å². The molecule has 0 aliphatic heterocycles. The van der Waals surface area contributed by atoms with Gasteiger partial charge < -0.3 is 5.32 Å². The van der Waals surface area contributed by atoms with Crippen molar-refractivity contribution in [3.63, 3.8) is 0 Å². The van der Waals surface area contributed by atoms with Gasteiger partial charge in [0.25, 0.3) is 0 Å². The molecule has 0 bridgehead atoms. The molecule has 0 aromatic heterocycles. The smallest absolute Gasteiger partial charge is 0.224 e. The fraction of sp³-hybridized carbons (Fsp3) is 0.462. The third kappa shape index (κ3) is 4.61. The largest absolute Gasteiger partial charge is 0.354 e. The lowest BCUT2D eigenvalue weighted by molar-refractivity contribution is -0.120. The highest BCUT2D eigenvalue weighted by Crippen LogP contribution is 2.12. The zero-order valence-corrected chi connectivity index (χ0v) is 10.9. The maximum absolute atomic E-state index is 13.3. The Morgan fingerprint density at radius 2 is 2.00 bits per heavy atom. The number of amides is 1. The first-order valence-corrected chi connectivity index (χ1v) is 6.32. The molecule has 1 N–H and O–H groups in total. The van der Waals surface area contributed by atoms with Gasteiger partial charge in [-0.15, -0.1) is 11.6 Å². The van der Waals surface area contributed by atoms with Gasteiger partial charge in [-0.05, 0) is 18.6 Å². The Hall–Kier alpha value is -1.16. The van der Waals surface area contributed by atoms with Crippen LogP contribution in [0.25, 0.3) is 0 Å². The van der Waals surface area contributed by atoms with Crippen molar-refractivity contribution in [2.75, 3.05) is 6.54 Å². The highest BCUT2D eigenvalue weighted by Gasteiger charge is 2.13. The minimum absolute atomic E-state index is 0.149. The molecule has 1 unspecified atom stereocenters. The lowest BCUT2D eigenvalue weighted by atomic mass is 10.1. The van der Waals surface area contributed by atoms with Crippen molar-refractivity contribution in [2.45, 2.75) is 31.6 Å². The summed E-state index contributed by atoms with van der Waals surface area (Å²) in [5, 5.41) is 2.42. The SMILES string of the molecule is CCCC(Cl)CNC(=O)Cc1c(F)cccc1F. The molecule has 1 amide bonds. The van der Waals surface area contributed by atoms with E-state index in [1.54, 1.807) is 0 Å². The molecular formula is C13H16ClF2NO. The highest BCUT2D eigenvalue weighted by atomic mass is 35.5. The Balaban J connectivity index is 2.50. The molecule has 0 heterocycles. The quantitative estimate of drug-likeness (QED) is 0.795. The summed E-state index contributed by atoms with van der Waals surface area (Å²) in [5.41, 5.74) is -0.211. The van der Waals surface area contributed by atoms with E-state index >= 15 is 0 Å². The first-order valence-electron chi connectivity index (χ1n) is 5.88. The van der Waals surface area contributed by atoms with Crippen molar-refractivity contribution in [1.82, 2.24) is 5.32 Å². The molecule has 0 saturated carbocycles. The van der Waals surface area contributed by atoms with E-state index in [-0.39, 0.29) is 17.4 Å². The van der Waals surface area contributed by atoms with Crippen LogP contribution >= 0.6 is 11.6 Å². The van der Waals surface area contributed by atoms with Gasteiger partial charge in [-0.3, -0.25) is 4.79 Å². The van der Waals surface area contributed by atoms with Crippen LogP contribution in [0.1, 0.15) is 25.3 Å². The number of benzene rings is 1. The van der Waals surface area contributed by atoms with Crippen molar-refractivity contribution in [3.8, 4) is 0 Å². The van der Waals surface area contributed by atoms with Crippen LogP contribution in [0, 0.1) is 11.6 Å². The number of carbonyl (C=O) groups excluding carboxylic acids is 1. The second-order valence-corrected chi connectivity index (χ2v) is 4.68. The molecule has 100 valence electrons. The zero-order chi connectivity index (χ0) is 13.5. The zero-order valence-electron chi connectivity index (χ0n) is 10.2. The Labute approximate surface area is 110 Å². The topological polar surface area (TPSA) is 29.1 Å². The lowest BCUT2D eigenvalue weighted by Crippen LogP contribution is -2.31. The summed E-state index contributed by atoms with van der Waals surface area (Å²) in [6, 6.07) is 3.53. The number of hydrogen-bond acceptors (Lipinski definition) is 1. The van der Waals surface area contributed by atoms with Crippen LogP contribution in [-0.2, 0) is 11.2 Å². The Kier molecular flexibility index (Phi) is 6.05. The van der Waals surface area contributed by atoms with E-state index in [1.807, 2.05) is 6.92 Å². The fourth-order valence-corrected chi connectivity index (χ4v) is 1.86. The van der Waals surface area contributed by atoms with E-state index in [4.69, 9.17) is 11.6 Å². The van der Waals surface area contributed by atoms with Gasteiger partial charge in [0.1, 0.15) is 11.6 Å². The number of alkyl halides is 1. The van der Waals surface area contributed by atoms with Crippen LogP contribution in [0.15, 0.2) is 18.2 Å². The monoisotopic (exact) mass is 275 g/mol. The van der Waals surface area contributed by atoms with Gasteiger partial charge in [0.15, 0.2) is 0 Å². The molecule has 0 aliphatic rings. The second-order valence-electron chi connectivity index (χ2n) is 4.07. The van der Waals surface area contributed by atoms with Crippen molar-refractivity contribution in [3.05, 3.63) is 35.4 Å². The van der Waals surface area contributed by atoms with Crippen molar-refractivity contribution in [1.29, 1.82) is 0 Å². The van der Waals surface area contributed by atoms with Gasteiger partial charge in [0, 0.05) is 12.1 Å². The molecule has 0 radical (unpaired) electrons. The number of carbonyl (C=O) groups is 1. The summed E-state index contributed by atoms with van der Waals surface area (Å²) >= 11 is 5.93. The Morgan fingerprint density at radius 1 is 1.39 bits per heavy atom. The molecule has 2 nitrogen and oxygen atoms in total. The predicted molar refractivity (Wildman–Crippen MR) is 67.6 cm³/mol. The third-order valence-corrected chi connectivity index (χ3v) is 2.89. The van der Waals surface area contributed by atoms with Crippen molar-refractivity contribution >= 4 is 17.5 Å². The van der Waals surface area contributed by atoms with Gasteiger partial charge >= 0.3 is 0 Å². The number of hydrogen-bond donors (Lipinski definition) is 1. The van der Waals surface area contributed by atoms with Crippen LogP contribution in [0.2, 0.25) is 0 Å². The molecule has 1 rings (SSSR count). The summed E-state index contributed by atoms with van der Waals surface area (Å²) in [7, 11) is 0. The van der Waals surface area contributed by atoms with E-state index in [0.29, 0.717) is 6.54 Å². The minimum Gasteiger partial charge on any atom is -0.354 e. The summed E-state index contributed by atoms with van der Waals surface area (Å²) in [5.74, 6) is -1.84. The maximum Gasteiger partial charge on any atom is 0.224 e. The summed E-state index contributed by atoms with van der Waals surface area (Å²) in [6.45, 7) is 2.30. The molecule has 5 heteroatoms. The van der Waals surface area contributed by atoms with Crippen LogP contribution in [0.3, 0.4) is 0 Å². The molecule has 1 aromatic carbocycles. The molecular weight excluding hydrogens is 260 g/mol. The fourth-order valence-electron chi connectivity index (χ4n) is 1.56.